The molecule has 0 saturated heterocycles. The molecule has 0 atom stereocenters. The fourth-order valence-electron chi connectivity index (χ4n) is 2.93. The number of carboxylic acids is 1. The summed E-state index contributed by atoms with van der Waals surface area (Å²) in [5, 5.41) is 9.22. The maximum atomic E-state index is 13.2. The molecule has 0 aromatic heterocycles. The molecule has 1 N–H and O–H groups in total. The van der Waals surface area contributed by atoms with Gasteiger partial charge in [-0.3, -0.25) is 9.59 Å². The molecule has 4 nitrogen and oxygen atoms in total. The Hall–Kier alpha value is -2.62. The summed E-state index contributed by atoms with van der Waals surface area (Å²) in [5.74, 6) is -1.62. The van der Waals surface area contributed by atoms with Gasteiger partial charge in [0.15, 0.2) is 0 Å². The lowest BCUT2D eigenvalue weighted by atomic mass is 9.90. The van der Waals surface area contributed by atoms with Gasteiger partial charge in [0.1, 0.15) is 6.54 Å². The van der Waals surface area contributed by atoms with Crippen LogP contribution >= 0.6 is 0 Å². The molecule has 4 heteroatoms. The third kappa shape index (κ3) is 5.45. The van der Waals surface area contributed by atoms with Gasteiger partial charge >= 0.3 is 5.97 Å². The number of carbonyl (C=O) groups excluding carboxylic acids is 1. The van der Waals surface area contributed by atoms with Crippen molar-refractivity contribution in [3.63, 3.8) is 0 Å². The normalized spacial score (nSPS) is 10.6. The van der Waals surface area contributed by atoms with Gasteiger partial charge < -0.3 is 10.0 Å². The molecule has 0 aliphatic carbocycles. The molecule has 0 radical (unpaired) electrons. The molecule has 0 saturated carbocycles. The first kappa shape index (κ1) is 18.7. The summed E-state index contributed by atoms with van der Waals surface area (Å²) in [4.78, 5) is 26.0. The minimum Gasteiger partial charge on any atom is -0.480 e. The number of carboxylic acid groups (broad SMARTS) is 1. The van der Waals surface area contributed by atoms with Gasteiger partial charge in [0, 0.05) is 6.54 Å². The molecule has 0 bridgehead atoms. The van der Waals surface area contributed by atoms with E-state index in [1.807, 2.05) is 60.7 Å². The van der Waals surface area contributed by atoms with Gasteiger partial charge in [-0.05, 0) is 17.5 Å². The van der Waals surface area contributed by atoms with E-state index in [1.54, 1.807) is 0 Å². The van der Waals surface area contributed by atoms with Crippen molar-refractivity contribution in [2.45, 2.75) is 32.1 Å². The van der Waals surface area contributed by atoms with Crippen molar-refractivity contribution in [2.24, 2.45) is 0 Å². The molecular formula is C21H25NO3. The summed E-state index contributed by atoms with van der Waals surface area (Å²) in [7, 11) is 0. The Kier molecular flexibility index (Phi) is 7.20. The Morgan fingerprint density at radius 2 is 1.44 bits per heavy atom. The van der Waals surface area contributed by atoms with Gasteiger partial charge in [-0.1, -0.05) is 80.4 Å². The summed E-state index contributed by atoms with van der Waals surface area (Å²) in [6, 6.07) is 19.1. The number of aliphatic carboxylic acids is 1. The Bertz CT molecular complexity index is 631. The van der Waals surface area contributed by atoms with Crippen LogP contribution in [0.2, 0.25) is 0 Å². The highest BCUT2D eigenvalue weighted by Gasteiger charge is 2.28. The van der Waals surface area contributed by atoms with Gasteiger partial charge in [0.25, 0.3) is 0 Å². The second-order valence-electron chi connectivity index (χ2n) is 6.12. The van der Waals surface area contributed by atoms with Gasteiger partial charge in [-0.25, -0.2) is 0 Å². The Morgan fingerprint density at radius 3 is 1.88 bits per heavy atom. The summed E-state index contributed by atoms with van der Waals surface area (Å²) in [6.45, 7) is 2.29. The number of unbranched alkanes of at least 4 members (excludes halogenated alkanes) is 2. The highest BCUT2D eigenvalue weighted by atomic mass is 16.4. The standard InChI is InChI=1S/C21H25NO3/c1-2-3-10-15-22(16-19(23)24)21(25)20(17-11-6-4-7-12-17)18-13-8-5-9-14-18/h4-9,11-14,20H,2-3,10,15-16H2,1H3,(H,23,24). The number of hydrogen-bond acceptors (Lipinski definition) is 2. The molecule has 132 valence electrons. The lowest BCUT2D eigenvalue weighted by Crippen LogP contribution is -2.39. The zero-order chi connectivity index (χ0) is 18.1. The third-order valence-electron chi connectivity index (χ3n) is 4.18. The van der Waals surface area contributed by atoms with Crippen LogP contribution < -0.4 is 0 Å². The van der Waals surface area contributed by atoms with Crippen LogP contribution in [0.25, 0.3) is 0 Å². The van der Waals surface area contributed by atoms with Crippen molar-refractivity contribution in [1.82, 2.24) is 4.90 Å². The Balaban J connectivity index is 2.33. The number of rotatable bonds is 9. The van der Waals surface area contributed by atoms with Crippen LogP contribution in [-0.4, -0.2) is 35.0 Å². The van der Waals surface area contributed by atoms with Crippen molar-refractivity contribution < 1.29 is 14.7 Å². The van der Waals surface area contributed by atoms with E-state index in [1.165, 1.54) is 4.90 Å². The maximum absolute atomic E-state index is 13.2. The van der Waals surface area contributed by atoms with Crippen LogP contribution in [0.15, 0.2) is 60.7 Å². The third-order valence-corrected chi connectivity index (χ3v) is 4.18. The topological polar surface area (TPSA) is 57.6 Å². The van der Waals surface area contributed by atoms with Crippen molar-refractivity contribution in [3.05, 3.63) is 71.8 Å². The van der Waals surface area contributed by atoms with Crippen LogP contribution in [0.5, 0.6) is 0 Å². The Morgan fingerprint density at radius 1 is 0.920 bits per heavy atom. The lowest BCUT2D eigenvalue weighted by Gasteiger charge is -2.27. The van der Waals surface area contributed by atoms with Gasteiger partial charge in [-0.2, -0.15) is 0 Å². The summed E-state index contributed by atoms with van der Waals surface area (Å²) >= 11 is 0. The van der Waals surface area contributed by atoms with E-state index in [2.05, 4.69) is 6.92 Å². The van der Waals surface area contributed by atoms with E-state index >= 15 is 0 Å². The maximum Gasteiger partial charge on any atom is 0.323 e. The molecule has 0 unspecified atom stereocenters. The number of amides is 1. The minimum atomic E-state index is -0.982. The zero-order valence-electron chi connectivity index (χ0n) is 14.6. The highest BCUT2D eigenvalue weighted by molar-refractivity contribution is 5.89. The van der Waals surface area contributed by atoms with E-state index < -0.39 is 11.9 Å². The quantitative estimate of drug-likeness (QED) is 0.705. The molecule has 25 heavy (non-hydrogen) atoms. The molecule has 0 heterocycles. The Labute approximate surface area is 149 Å². The van der Waals surface area contributed by atoms with Crippen LogP contribution in [0.4, 0.5) is 0 Å². The fraction of sp³-hybridized carbons (Fsp3) is 0.333. The fourth-order valence-corrected chi connectivity index (χ4v) is 2.93. The average Bonchev–Trinajstić information content (AvgIpc) is 2.63. The van der Waals surface area contributed by atoms with Crippen LogP contribution in [0.3, 0.4) is 0 Å². The van der Waals surface area contributed by atoms with Crippen LogP contribution in [0.1, 0.15) is 43.2 Å². The molecule has 0 aliphatic rings. The summed E-state index contributed by atoms with van der Waals surface area (Å²) < 4.78 is 0. The minimum absolute atomic E-state index is 0.157. The van der Waals surface area contributed by atoms with E-state index in [-0.39, 0.29) is 12.5 Å². The SMILES string of the molecule is CCCCCN(CC(=O)O)C(=O)C(c1ccccc1)c1ccccc1. The molecule has 2 aromatic rings. The van der Waals surface area contributed by atoms with Crippen LogP contribution in [-0.2, 0) is 9.59 Å². The predicted octanol–water partition coefficient (Wildman–Crippen LogP) is 3.92. The number of nitrogens with zero attached hydrogens (tertiary/aromatic N) is 1. The van der Waals surface area contributed by atoms with Crippen LogP contribution in [0, 0.1) is 0 Å². The first-order valence-corrected chi connectivity index (χ1v) is 8.74. The average molecular weight is 339 g/mol. The van der Waals surface area contributed by atoms with Crippen molar-refractivity contribution >= 4 is 11.9 Å². The smallest absolute Gasteiger partial charge is 0.323 e. The van der Waals surface area contributed by atoms with E-state index in [4.69, 9.17) is 0 Å². The molecular weight excluding hydrogens is 314 g/mol. The molecule has 2 rings (SSSR count). The largest absolute Gasteiger partial charge is 0.480 e. The van der Waals surface area contributed by atoms with Gasteiger partial charge in [0.05, 0.1) is 5.92 Å². The van der Waals surface area contributed by atoms with Crippen molar-refractivity contribution in [3.8, 4) is 0 Å². The van der Waals surface area contributed by atoms with Gasteiger partial charge in [-0.15, -0.1) is 0 Å². The first-order valence-electron chi connectivity index (χ1n) is 8.74. The highest BCUT2D eigenvalue weighted by Crippen LogP contribution is 2.27. The second kappa shape index (κ2) is 9.62. The number of carbonyl (C=O) groups is 2. The summed E-state index contributed by atoms with van der Waals surface area (Å²) in [6.07, 6.45) is 2.81. The second-order valence-corrected chi connectivity index (χ2v) is 6.12. The molecule has 0 spiro atoms. The predicted molar refractivity (Wildman–Crippen MR) is 98.5 cm³/mol. The van der Waals surface area contributed by atoms with E-state index in [0.717, 1.165) is 30.4 Å². The molecule has 0 fully saturated rings. The van der Waals surface area contributed by atoms with Gasteiger partial charge in [0.2, 0.25) is 5.91 Å². The van der Waals surface area contributed by atoms with E-state index in [0.29, 0.717) is 6.54 Å². The number of benzene rings is 2. The van der Waals surface area contributed by atoms with E-state index in [9.17, 15) is 14.7 Å². The first-order chi connectivity index (χ1) is 12.1. The lowest BCUT2D eigenvalue weighted by molar-refractivity contribution is -0.144. The van der Waals surface area contributed by atoms with Crippen molar-refractivity contribution in [2.75, 3.05) is 13.1 Å². The van der Waals surface area contributed by atoms with Crippen molar-refractivity contribution in [1.29, 1.82) is 0 Å². The molecule has 2 aromatic carbocycles. The molecule has 0 aliphatic heterocycles. The summed E-state index contributed by atoms with van der Waals surface area (Å²) in [5.41, 5.74) is 1.76. The number of hydrogen-bond donors (Lipinski definition) is 1. The zero-order valence-corrected chi connectivity index (χ0v) is 14.6. The molecule has 1 amide bonds. The monoisotopic (exact) mass is 339 g/mol.